The smallest absolute Gasteiger partial charge is 0.0619 e. The van der Waals surface area contributed by atoms with Gasteiger partial charge >= 0.3 is 0 Å². The van der Waals surface area contributed by atoms with E-state index >= 15 is 0 Å². The Balaban J connectivity index is 0.979. The molecule has 0 aliphatic carbocycles. The number of fused-ring (bicyclic) bond motifs is 7. The molecule has 0 bridgehead atoms. The molecule has 2 nitrogen and oxygen atoms in total. The Labute approximate surface area is 360 Å². The second-order valence-corrected chi connectivity index (χ2v) is 16.1. The molecule has 11 aromatic carbocycles. The molecule has 0 atom stereocenters. The topological polar surface area (TPSA) is 8.17 Å². The van der Waals surface area contributed by atoms with E-state index in [1.807, 2.05) is 0 Å². The molecule has 1 heterocycles. The van der Waals surface area contributed by atoms with Crippen LogP contribution in [0.1, 0.15) is 0 Å². The number of hydrogen-bond donors (Lipinski definition) is 0. The number of anilines is 3. The molecule has 1 aromatic heterocycles. The van der Waals surface area contributed by atoms with Crippen LogP contribution in [-0.4, -0.2) is 4.57 Å². The summed E-state index contributed by atoms with van der Waals surface area (Å²) in [7, 11) is 0. The highest BCUT2D eigenvalue weighted by Gasteiger charge is 2.19. The van der Waals surface area contributed by atoms with Crippen LogP contribution in [0.15, 0.2) is 243 Å². The third kappa shape index (κ3) is 6.04. The highest BCUT2D eigenvalue weighted by atomic mass is 15.1. The lowest BCUT2D eigenvalue weighted by Crippen LogP contribution is -2.10. The molecule has 12 aromatic rings. The summed E-state index contributed by atoms with van der Waals surface area (Å²) in [5.74, 6) is 0. The van der Waals surface area contributed by atoms with Gasteiger partial charge in [0.25, 0.3) is 0 Å². The van der Waals surface area contributed by atoms with Gasteiger partial charge in [0.05, 0.1) is 16.7 Å². The first-order valence-electron chi connectivity index (χ1n) is 21.3. The van der Waals surface area contributed by atoms with E-state index in [2.05, 4.69) is 252 Å². The van der Waals surface area contributed by atoms with Crippen molar-refractivity contribution in [3.8, 4) is 39.1 Å². The van der Waals surface area contributed by atoms with Crippen LogP contribution < -0.4 is 4.90 Å². The monoisotopic (exact) mass is 788 g/mol. The van der Waals surface area contributed by atoms with Gasteiger partial charge in [-0.1, -0.05) is 188 Å². The fraction of sp³-hybridized carbons (Fsp3) is 0. The molecule has 0 saturated heterocycles. The van der Waals surface area contributed by atoms with Crippen LogP contribution in [0.5, 0.6) is 0 Å². The van der Waals surface area contributed by atoms with Crippen LogP contribution in [0.3, 0.4) is 0 Å². The fourth-order valence-corrected chi connectivity index (χ4v) is 9.57. The molecule has 0 saturated carbocycles. The minimum Gasteiger partial charge on any atom is -0.310 e. The number of nitrogens with zero attached hydrogens (tertiary/aromatic N) is 2. The summed E-state index contributed by atoms with van der Waals surface area (Å²) < 4.78 is 2.44. The largest absolute Gasteiger partial charge is 0.310 e. The molecule has 0 aliphatic heterocycles. The third-order valence-electron chi connectivity index (χ3n) is 12.6. The van der Waals surface area contributed by atoms with Gasteiger partial charge in [0, 0.05) is 38.6 Å². The molecule has 0 N–H and O–H groups in total. The highest BCUT2D eigenvalue weighted by molar-refractivity contribution is 6.18. The van der Waals surface area contributed by atoms with Gasteiger partial charge in [0.2, 0.25) is 0 Å². The van der Waals surface area contributed by atoms with Gasteiger partial charge in [-0.25, -0.2) is 0 Å². The summed E-state index contributed by atoms with van der Waals surface area (Å²) >= 11 is 0. The second kappa shape index (κ2) is 14.8. The minimum absolute atomic E-state index is 1.09. The van der Waals surface area contributed by atoms with Crippen LogP contribution in [0.25, 0.3) is 93.2 Å². The summed E-state index contributed by atoms with van der Waals surface area (Å²) in [5, 5.41) is 9.93. The predicted octanol–water partition coefficient (Wildman–Crippen LogP) is 16.7. The Morgan fingerprint density at radius 3 is 1.63 bits per heavy atom. The van der Waals surface area contributed by atoms with Crippen molar-refractivity contribution in [1.82, 2.24) is 4.57 Å². The fourth-order valence-electron chi connectivity index (χ4n) is 9.57. The normalized spacial score (nSPS) is 11.5. The van der Waals surface area contributed by atoms with E-state index in [0.717, 1.165) is 28.3 Å². The van der Waals surface area contributed by atoms with Crippen molar-refractivity contribution in [2.24, 2.45) is 0 Å². The van der Waals surface area contributed by atoms with Crippen LogP contribution in [0.4, 0.5) is 17.1 Å². The third-order valence-corrected chi connectivity index (χ3v) is 12.6. The van der Waals surface area contributed by atoms with Crippen molar-refractivity contribution in [2.45, 2.75) is 0 Å². The molecule has 2 heteroatoms. The standard InChI is InChI=1S/C60H40N2/c1-2-13-41(14-3-1)43-27-32-49(33-28-43)61(59-38-37-52(54-21-8-9-22-55(54)59)48-26-25-42-15-4-5-17-46(42)39-48)50-34-29-44(30-35-50)47-18-12-19-51(40-47)62-58-24-11-10-23-56(58)57-36-31-45-16-6-7-20-53(45)60(57)62/h1-40H. The summed E-state index contributed by atoms with van der Waals surface area (Å²) in [6.45, 7) is 0. The molecule has 0 aliphatic rings. The molecule has 62 heavy (non-hydrogen) atoms. The van der Waals surface area contributed by atoms with Gasteiger partial charge in [-0.05, 0) is 110 Å². The van der Waals surface area contributed by atoms with E-state index < -0.39 is 0 Å². The predicted molar refractivity (Wildman–Crippen MR) is 264 cm³/mol. The van der Waals surface area contributed by atoms with Crippen LogP contribution >= 0.6 is 0 Å². The van der Waals surface area contributed by atoms with Crippen molar-refractivity contribution in [2.75, 3.05) is 4.90 Å². The Kier molecular flexibility index (Phi) is 8.53. The molecule has 290 valence electrons. The maximum atomic E-state index is 2.44. The summed E-state index contributed by atoms with van der Waals surface area (Å²) in [4.78, 5) is 2.41. The maximum Gasteiger partial charge on any atom is 0.0619 e. The zero-order valence-corrected chi connectivity index (χ0v) is 34.0. The van der Waals surface area contributed by atoms with Gasteiger partial charge in [-0.3, -0.25) is 0 Å². The van der Waals surface area contributed by atoms with E-state index in [1.54, 1.807) is 0 Å². The molecular formula is C60H40N2. The highest BCUT2D eigenvalue weighted by Crippen LogP contribution is 2.44. The van der Waals surface area contributed by atoms with Crippen LogP contribution in [0.2, 0.25) is 0 Å². The Hall–Kier alpha value is -8.20. The average molecular weight is 789 g/mol. The van der Waals surface area contributed by atoms with Crippen molar-refractivity contribution in [3.05, 3.63) is 243 Å². The number of rotatable bonds is 7. The summed E-state index contributed by atoms with van der Waals surface area (Å²) in [5.41, 5.74) is 14.1. The number of benzene rings is 11. The molecule has 0 radical (unpaired) electrons. The van der Waals surface area contributed by atoms with Crippen molar-refractivity contribution < 1.29 is 0 Å². The van der Waals surface area contributed by atoms with Crippen molar-refractivity contribution in [1.29, 1.82) is 0 Å². The van der Waals surface area contributed by atoms with Gasteiger partial charge in [-0.2, -0.15) is 0 Å². The first-order valence-corrected chi connectivity index (χ1v) is 21.3. The van der Waals surface area contributed by atoms with E-state index in [9.17, 15) is 0 Å². The Morgan fingerprint density at radius 2 is 0.855 bits per heavy atom. The van der Waals surface area contributed by atoms with Gasteiger partial charge in [-0.15, -0.1) is 0 Å². The minimum atomic E-state index is 1.09. The molecule has 0 spiro atoms. The Bertz CT molecular complexity index is 3620. The van der Waals surface area contributed by atoms with Crippen LogP contribution in [-0.2, 0) is 0 Å². The van der Waals surface area contributed by atoms with E-state index in [-0.39, 0.29) is 0 Å². The number of hydrogen-bond acceptors (Lipinski definition) is 1. The maximum absolute atomic E-state index is 2.44. The van der Waals surface area contributed by atoms with Crippen molar-refractivity contribution >= 4 is 71.2 Å². The van der Waals surface area contributed by atoms with Crippen molar-refractivity contribution in [3.63, 3.8) is 0 Å². The SMILES string of the molecule is c1ccc(-c2ccc(N(c3ccc(-c4cccc(-n5c6ccccc6c6ccc7ccccc7c65)c4)cc3)c3ccc(-c4ccc5ccccc5c4)c4ccccc34)cc2)cc1. The van der Waals surface area contributed by atoms with Gasteiger partial charge in [0.15, 0.2) is 0 Å². The zero-order valence-electron chi connectivity index (χ0n) is 34.0. The molecule has 0 fully saturated rings. The Morgan fingerprint density at radius 1 is 0.290 bits per heavy atom. The van der Waals surface area contributed by atoms with Gasteiger partial charge < -0.3 is 9.47 Å². The lowest BCUT2D eigenvalue weighted by molar-refractivity contribution is 1.19. The average Bonchev–Trinajstić information content (AvgIpc) is 3.70. The lowest BCUT2D eigenvalue weighted by atomic mass is 9.94. The first-order chi connectivity index (χ1) is 30.7. The molecule has 0 amide bonds. The molecule has 0 unspecified atom stereocenters. The quantitative estimate of drug-likeness (QED) is 0.156. The number of aromatic nitrogens is 1. The van der Waals surface area contributed by atoms with E-state index in [4.69, 9.17) is 0 Å². The van der Waals surface area contributed by atoms with E-state index in [0.29, 0.717) is 0 Å². The summed E-state index contributed by atoms with van der Waals surface area (Å²) in [6.07, 6.45) is 0. The number of para-hydroxylation sites is 1. The summed E-state index contributed by atoms with van der Waals surface area (Å²) in [6, 6.07) is 88.5. The second-order valence-electron chi connectivity index (χ2n) is 16.1. The zero-order chi connectivity index (χ0) is 41.0. The molecule has 12 rings (SSSR count). The molecular weight excluding hydrogens is 749 g/mol. The van der Waals surface area contributed by atoms with Gasteiger partial charge in [0.1, 0.15) is 0 Å². The van der Waals surface area contributed by atoms with E-state index in [1.165, 1.54) is 81.9 Å². The lowest BCUT2D eigenvalue weighted by Gasteiger charge is -2.28. The first kappa shape index (κ1) is 35.7. The van der Waals surface area contributed by atoms with Crippen LogP contribution in [0, 0.1) is 0 Å².